The first kappa shape index (κ1) is 18.6. The van der Waals surface area contributed by atoms with Crippen LogP contribution >= 0.6 is 11.3 Å². The maximum Gasteiger partial charge on any atom is 0.181 e. The minimum Gasteiger partial charge on any atom is -0.337 e. The van der Waals surface area contributed by atoms with Crippen LogP contribution in [0, 0.1) is 0 Å². The average Bonchev–Trinajstić information content (AvgIpc) is 3.56. The predicted octanol–water partition coefficient (Wildman–Crippen LogP) is 5.49. The van der Waals surface area contributed by atoms with Gasteiger partial charge in [0, 0.05) is 40.2 Å². The number of hydrogen-bond donors (Lipinski definition) is 2. The molecule has 0 amide bonds. The fraction of sp³-hybridized carbons (Fsp3) is 0.0417. The van der Waals surface area contributed by atoms with Crippen LogP contribution in [0.5, 0.6) is 0 Å². The van der Waals surface area contributed by atoms with Crippen LogP contribution in [-0.4, -0.2) is 35.9 Å². The van der Waals surface area contributed by atoms with Gasteiger partial charge in [-0.1, -0.05) is 18.2 Å². The molecule has 6 aromatic rings. The van der Waals surface area contributed by atoms with Gasteiger partial charge in [-0.3, -0.25) is 14.9 Å². The SMILES string of the molecule is CC(=O)c1ccc(-c2cccc3[nH]c(-c4[nH]nc5ncc(-c6cccnc6)cc45)nc23)s1. The maximum atomic E-state index is 11.7. The second kappa shape index (κ2) is 7.21. The third kappa shape index (κ3) is 3.00. The first-order chi connectivity index (χ1) is 15.7. The van der Waals surface area contributed by atoms with Gasteiger partial charge in [-0.2, -0.15) is 5.10 Å². The number of nitrogens with zero attached hydrogens (tertiary/aromatic N) is 4. The van der Waals surface area contributed by atoms with Crippen LogP contribution in [0.3, 0.4) is 0 Å². The number of benzene rings is 1. The topological polar surface area (TPSA) is 100 Å². The highest BCUT2D eigenvalue weighted by atomic mass is 32.1. The summed E-state index contributed by atoms with van der Waals surface area (Å²) in [6.07, 6.45) is 5.36. The normalized spacial score (nSPS) is 11.4. The predicted molar refractivity (Wildman–Crippen MR) is 126 cm³/mol. The molecule has 0 bridgehead atoms. The number of carbonyl (C=O) groups excluding carboxylic acids is 1. The average molecular weight is 437 g/mol. The van der Waals surface area contributed by atoms with E-state index in [1.54, 1.807) is 19.3 Å². The fourth-order valence-electron chi connectivity index (χ4n) is 3.79. The molecule has 8 heteroatoms. The van der Waals surface area contributed by atoms with Gasteiger partial charge in [-0.05, 0) is 37.3 Å². The minimum absolute atomic E-state index is 0.0667. The van der Waals surface area contributed by atoms with Crippen molar-refractivity contribution in [3.63, 3.8) is 0 Å². The van der Waals surface area contributed by atoms with E-state index in [4.69, 9.17) is 4.98 Å². The van der Waals surface area contributed by atoms with E-state index in [0.29, 0.717) is 11.5 Å². The molecule has 0 atom stereocenters. The molecule has 154 valence electrons. The van der Waals surface area contributed by atoms with Crippen molar-refractivity contribution in [1.29, 1.82) is 0 Å². The maximum absolute atomic E-state index is 11.7. The standard InChI is InChI=1S/C24H16N6OS/c1-13(31)19-7-8-20(32-19)16-5-2-6-18-21(16)28-24(27-18)22-17-10-15(12-26-23(17)30-29-22)14-4-3-9-25-11-14/h2-12H,1H3,(H,27,28)(H,26,29,30). The molecule has 0 spiro atoms. The van der Waals surface area contributed by atoms with Crippen LogP contribution in [0.2, 0.25) is 0 Å². The molecule has 32 heavy (non-hydrogen) atoms. The van der Waals surface area contributed by atoms with Gasteiger partial charge in [0.15, 0.2) is 17.3 Å². The summed E-state index contributed by atoms with van der Waals surface area (Å²) >= 11 is 1.48. The fourth-order valence-corrected chi connectivity index (χ4v) is 4.72. The summed E-state index contributed by atoms with van der Waals surface area (Å²) in [4.78, 5) is 30.5. The lowest BCUT2D eigenvalue weighted by atomic mass is 10.1. The molecule has 0 fully saturated rings. The Balaban J connectivity index is 1.49. The molecule has 1 aromatic carbocycles. The number of para-hydroxylation sites is 1. The Morgan fingerprint density at radius 1 is 1.03 bits per heavy atom. The highest BCUT2D eigenvalue weighted by molar-refractivity contribution is 7.17. The van der Waals surface area contributed by atoms with Crippen molar-refractivity contribution < 1.29 is 4.79 Å². The Labute approximate surface area is 186 Å². The number of carbonyl (C=O) groups is 1. The Morgan fingerprint density at radius 3 is 2.78 bits per heavy atom. The molecule has 5 heterocycles. The molecule has 6 rings (SSSR count). The zero-order valence-electron chi connectivity index (χ0n) is 17.0. The summed E-state index contributed by atoms with van der Waals surface area (Å²) in [7, 11) is 0. The Morgan fingerprint density at radius 2 is 1.97 bits per heavy atom. The summed E-state index contributed by atoms with van der Waals surface area (Å²) in [6.45, 7) is 1.58. The van der Waals surface area contributed by atoms with Crippen LogP contribution in [0.1, 0.15) is 16.6 Å². The molecule has 7 nitrogen and oxygen atoms in total. The molecule has 0 saturated heterocycles. The summed E-state index contributed by atoms with van der Waals surface area (Å²) < 4.78 is 0. The van der Waals surface area contributed by atoms with Crippen LogP contribution < -0.4 is 0 Å². The minimum atomic E-state index is 0.0667. The van der Waals surface area contributed by atoms with E-state index in [1.165, 1.54) is 11.3 Å². The number of aromatic nitrogens is 6. The van der Waals surface area contributed by atoms with Gasteiger partial charge in [0.1, 0.15) is 5.69 Å². The highest BCUT2D eigenvalue weighted by Crippen LogP contribution is 2.35. The van der Waals surface area contributed by atoms with Gasteiger partial charge in [0.25, 0.3) is 0 Å². The number of rotatable bonds is 4. The van der Waals surface area contributed by atoms with Crippen molar-refractivity contribution in [3.8, 4) is 33.1 Å². The van der Waals surface area contributed by atoms with E-state index in [2.05, 4.69) is 25.1 Å². The van der Waals surface area contributed by atoms with E-state index in [1.807, 2.05) is 54.7 Å². The van der Waals surface area contributed by atoms with Crippen molar-refractivity contribution >= 4 is 39.2 Å². The van der Waals surface area contributed by atoms with Gasteiger partial charge < -0.3 is 4.98 Å². The molecular weight excluding hydrogens is 420 g/mol. The second-order valence-corrected chi connectivity index (χ2v) is 8.53. The van der Waals surface area contributed by atoms with Gasteiger partial charge in [-0.25, -0.2) is 9.97 Å². The Bertz CT molecular complexity index is 1610. The summed E-state index contributed by atoms with van der Waals surface area (Å²) in [5.41, 5.74) is 6.09. The summed E-state index contributed by atoms with van der Waals surface area (Å²) in [5.74, 6) is 0.750. The second-order valence-electron chi connectivity index (χ2n) is 7.44. The number of fused-ring (bicyclic) bond motifs is 2. The number of H-pyrrole nitrogens is 2. The number of aromatic amines is 2. The van der Waals surface area contributed by atoms with Crippen molar-refractivity contribution in [2.24, 2.45) is 0 Å². The van der Waals surface area contributed by atoms with Gasteiger partial charge in [-0.15, -0.1) is 11.3 Å². The smallest absolute Gasteiger partial charge is 0.181 e. The Hall–Kier alpha value is -4.17. The van der Waals surface area contributed by atoms with Crippen molar-refractivity contribution in [2.75, 3.05) is 0 Å². The van der Waals surface area contributed by atoms with E-state index in [-0.39, 0.29) is 5.78 Å². The first-order valence-electron chi connectivity index (χ1n) is 10.0. The zero-order chi connectivity index (χ0) is 21.7. The van der Waals surface area contributed by atoms with E-state index in [9.17, 15) is 4.79 Å². The molecule has 0 aliphatic heterocycles. The lowest BCUT2D eigenvalue weighted by Gasteiger charge is -2.00. The van der Waals surface area contributed by atoms with Crippen molar-refractivity contribution in [1.82, 2.24) is 30.1 Å². The van der Waals surface area contributed by atoms with Gasteiger partial charge in [0.2, 0.25) is 0 Å². The third-order valence-corrected chi connectivity index (χ3v) is 6.59. The van der Waals surface area contributed by atoms with E-state index in [0.717, 1.165) is 48.6 Å². The van der Waals surface area contributed by atoms with Crippen LogP contribution in [0.25, 0.3) is 55.2 Å². The monoisotopic (exact) mass is 436 g/mol. The number of ketones is 1. The molecule has 0 saturated carbocycles. The summed E-state index contributed by atoms with van der Waals surface area (Å²) in [6, 6.07) is 15.8. The summed E-state index contributed by atoms with van der Waals surface area (Å²) in [5, 5.41) is 8.32. The largest absolute Gasteiger partial charge is 0.337 e. The number of hydrogen-bond acceptors (Lipinski definition) is 6. The van der Waals surface area contributed by atoms with Crippen molar-refractivity contribution in [2.45, 2.75) is 6.92 Å². The lowest BCUT2D eigenvalue weighted by molar-refractivity contribution is 0.102. The number of nitrogens with one attached hydrogen (secondary N) is 2. The number of Topliss-reactive ketones (excluding diaryl/α,β-unsaturated/α-hetero) is 1. The van der Waals surface area contributed by atoms with E-state index >= 15 is 0 Å². The molecule has 2 N–H and O–H groups in total. The van der Waals surface area contributed by atoms with Crippen molar-refractivity contribution in [3.05, 3.63) is 72.0 Å². The lowest BCUT2D eigenvalue weighted by Crippen LogP contribution is -1.84. The molecule has 0 aliphatic carbocycles. The molecule has 0 aliphatic rings. The molecular formula is C24H16N6OS. The highest BCUT2D eigenvalue weighted by Gasteiger charge is 2.17. The van der Waals surface area contributed by atoms with Gasteiger partial charge >= 0.3 is 0 Å². The van der Waals surface area contributed by atoms with Crippen LogP contribution in [0.4, 0.5) is 0 Å². The van der Waals surface area contributed by atoms with Crippen LogP contribution in [-0.2, 0) is 0 Å². The molecule has 0 unspecified atom stereocenters. The molecule has 5 aromatic heterocycles. The van der Waals surface area contributed by atoms with E-state index < -0.39 is 0 Å². The Kier molecular flexibility index (Phi) is 4.19. The zero-order valence-corrected chi connectivity index (χ0v) is 17.8. The number of thiophene rings is 1. The third-order valence-electron chi connectivity index (χ3n) is 5.37. The van der Waals surface area contributed by atoms with Crippen LogP contribution in [0.15, 0.2) is 67.1 Å². The number of imidazole rings is 1. The quantitative estimate of drug-likeness (QED) is 0.356. The van der Waals surface area contributed by atoms with Gasteiger partial charge in [0.05, 0.1) is 21.3 Å². The first-order valence-corrected chi connectivity index (χ1v) is 10.8. The number of pyridine rings is 2. The molecule has 0 radical (unpaired) electrons.